The highest BCUT2D eigenvalue weighted by Gasteiger charge is 2.25. The smallest absolute Gasteiger partial charge is 0.308 e. The third-order valence-electron chi connectivity index (χ3n) is 4.35. The Labute approximate surface area is 112 Å². The third kappa shape index (κ3) is 5.41. The molecule has 0 spiro atoms. The van der Waals surface area contributed by atoms with Gasteiger partial charge in [-0.3, -0.25) is 4.79 Å². The number of rotatable bonds is 7. The molecular formula is C16H30O2. The van der Waals surface area contributed by atoms with Crippen molar-refractivity contribution in [1.82, 2.24) is 0 Å². The van der Waals surface area contributed by atoms with Crippen molar-refractivity contribution >= 4 is 5.97 Å². The van der Waals surface area contributed by atoms with E-state index in [0.29, 0.717) is 12.5 Å². The van der Waals surface area contributed by atoms with E-state index in [0.717, 1.165) is 25.2 Å². The molecule has 1 atom stereocenters. The van der Waals surface area contributed by atoms with Gasteiger partial charge in [0.1, 0.15) is 0 Å². The van der Waals surface area contributed by atoms with E-state index in [1.807, 2.05) is 0 Å². The topological polar surface area (TPSA) is 26.3 Å². The Morgan fingerprint density at radius 2 is 1.89 bits per heavy atom. The molecule has 0 aromatic rings. The Hall–Kier alpha value is -0.530. The number of hydrogen-bond acceptors (Lipinski definition) is 2. The summed E-state index contributed by atoms with van der Waals surface area (Å²) in [4.78, 5) is 12.0. The van der Waals surface area contributed by atoms with Crippen LogP contribution in [0.5, 0.6) is 0 Å². The van der Waals surface area contributed by atoms with Crippen LogP contribution in [-0.2, 0) is 9.53 Å². The summed E-state index contributed by atoms with van der Waals surface area (Å²) in [5, 5.41) is 0. The van der Waals surface area contributed by atoms with Crippen molar-refractivity contribution in [3.8, 4) is 0 Å². The van der Waals surface area contributed by atoms with Gasteiger partial charge >= 0.3 is 5.97 Å². The highest BCUT2D eigenvalue weighted by molar-refractivity contribution is 5.72. The monoisotopic (exact) mass is 254 g/mol. The highest BCUT2D eigenvalue weighted by Crippen LogP contribution is 2.29. The summed E-state index contributed by atoms with van der Waals surface area (Å²) in [6.07, 6.45) is 9.23. The SMILES string of the molecule is CCCCC(CC)COC(=O)C1CCC(C)CC1. The molecule has 0 saturated heterocycles. The van der Waals surface area contributed by atoms with Crippen LogP contribution in [0.15, 0.2) is 0 Å². The van der Waals surface area contributed by atoms with Gasteiger partial charge in [-0.15, -0.1) is 0 Å². The molecular weight excluding hydrogens is 224 g/mol. The maximum absolute atomic E-state index is 12.0. The fourth-order valence-corrected chi connectivity index (χ4v) is 2.71. The standard InChI is InChI=1S/C16H30O2/c1-4-6-7-14(5-2)12-18-16(17)15-10-8-13(3)9-11-15/h13-15H,4-12H2,1-3H3. The zero-order chi connectivity index (χ0) is 13.4. The van der Waals surface area contributed by atoms with Gasteiger partial charge in [-0.05, 0) is 43.9 Å². The van der Waals surface area contributed by atoms with E-state index in [9.17, 15) is 4.79 Å². The van der Waals surface area contributed by atoms with Gasteiger partial charge < -0.3 is 4.74 Å². The Morgan fingerprint density at radius 3 is 2.44 bits per heavy atom. The Bertz CT molecular complexity index is 229. The van der Waals surface area contributed by atoms with E-state index >= 15 is 0 Å². The van der Waals surface area contributed by atoms with Gasteiger partial charge in [0, 0.05) is 0 Å². The van der Waals surface area contributed by atoms with Crippen LogP contribution in [0.4, 0.5) is 0 Å². The van der Waals surface area contributed by atoms with Gasteiger partial charge in [0.2, 0.25) is 0 Å². The second kappa shape index (κ2) is 8.55. The van der Waals surface area contributed by atoms with Crippen LogP contribution >= 0.6 is 0 Å². The van der Waals surface area contributed by atoms with Gasteiger partial charge in [-0.25, -0.2) is 0 Å². The lowest BCUT2D eigenvalue weighted by atomic mass is 9.83. The zero-order valence-electron chi connectivity index (χ0n) is 12.4. The summed E-state index contributed by atoms with van der Waals surface area (Å²) in [5.41, 5.74) is 0. The molecule has 0 heterocycles. The molecule has 0 amide bonds. The van der Waals surface area contributed by atoms with E-state index in [2.05, 4.69) is 20.8 Å². The van der Waals surface area contributed by atoms with E-state index in [4.69, 9.17) is 4.74 Å². The number of ether oxygens (including phenoxy) is 1. The average molecular weight is 254 g/mol. The first-order valence-corrected chi connectivity index (χ1v) is 7.83. The van der Waals surface area contributed by atoms with Gasteiger partial charge in [0.05, 0.1) is 12.5 Å². The second-order valence-corrected chi connectivity index (χ2v) is 6.00. The molecule has 0 aliphatic heterocycles. The molecule has 1 fully saturated rings. The first-order chi connectivity index (χ1) is 8.67. The summed E-state index contributed by atoms with van der Waals surface area (Å²) in [5.74, 6) is 1.61. The van der Waals surface area contributed by atoms with Crippen molar-refractivity contribution < 1.29 is 9.53 Å². The minimum absolute atomic E-state index is 0.0665. The fraction of sp³-hybridized carbons (Fsp3) is 0.938. The van der Waals surface area contributed by atoms with Gasteiger partial charge in [0.25, 0.3) is 0 Å². The molecule has 106 valence electrons. The maximum atomic E-state index is 12.0. The van der Waals surface area contributed by atoms with E-state index in [1.165, 1.54) is 32.1 Å². The molecule has 0 N–H and O–H groups in total. The minimum atomic E-state index is 0.0665. The molecule has 1 rings (SSSR count). The number of carbonyl (C=O) groups excluding carboxylic acids is 1. The molecule has 2 nitrogen and oxygen atoms in total. The van der Waals surface area contributed by atoms with Crippen molar-refractivity contribution in [2.75, 3.05) is 6.61 Å². The predicted octanol–water partition coefficient (Wildman–Crippen LogP) is 4.57. The summed E-state index contributed by atoms with van der Waals surface area (Å²) in [7, 11) is 0. The highest BCUT2D eigenvalue weighted by atomic mass is 16.5. The van der Waals surface area contributed by atoms with E-state index in [1.54, 1.807) is 0 Å². The predicted molar refractivity (Wildman–Crippen MR) is 75.4 cm³/mol. The number of unbranched alkanes of at least 4 members (excludes halogenated alkanes) is 1. The quantitative estimate of drug-likeness (QED) is 0.622. The first kappa shape index (κ1) is 15.5. The molecule has 0 bridgehead atoms. The molecule has 0 radical (unpaired) electrons. The van der Waals surface area contributed by atoms with Crippen molar-refractivity contribution in [3.05, 3.63) is 0 Å². The zero-order valence-corrected chi connectivity index (χ0v) is 12.4. The lowest BCUT2D eigenvalue weighted by Gasteiger charge is -2.25. The average Bonchev–Trinajstić information content (AvgIpc) is 2.39. The fourth-order valence-electron chi connectivity index (χ4n) is 2.71. The minimum Gasteiger partial charge on any atom is -0.465 e. The summed E-state index contributed by atoms with van der Waals surface area (Å²) in [6.45, 7) is 7.32. The van der Waals surface area contributed by atoms with Crippen LogP contribution in [-0.4, -0.2) is 12.6 Å². The van der Waals surface area contributed by atoms with Crippen LogP contribution in [0.1, 0.15) is 72.1 Å². The summed E-state index contributed by atoms with van der Waals surface area (Å²) >= 11 is 0. The normalized spacial score (nSPS) is 25.7. The number of esters is 1. The van der Waals surface area contributed by atoms with E-state index in [-0.39, 0.29) is 11.9 Å². The number of hydrogen-bond donors (Lipinski definition) is 0. The molecule has 1 unspecified atom stereocenters. The van der Waals surface area contributed by atoms with Crippen molar-refractivity contribution in [2.45, 2.75) is 72.1 Å². The van der Waals surface area contributed by atoms with Crippen LogP contribution in [0, 0.1) is 17.8 Å². The molecule has 18 heavy (non-hydrogen) atoms. The molecule has 1 aliphatic carbocycles. The van der Waals surface area contributed by atoms with E-state index < -0.39 is 0 Å². The second-order valence-electron chi connectivity index (χ2n) is 6.00. The summed E-state index contributed by atoms with van der Waals surface area (Å²) in [6, 6.07) is 0. The molecule has 2 heteroatoms. The van der Waals surface area contributed by atoms with Crippen LogP contribution in [0.3, 0.4) is 0 Å². The van der Waals surface area contributed by atoms with Crippen LogP contribution in [0.25, 0.3) is 0 Å². The lowest BCUT2D eigenvalue weighted by Crippen LogP contribution is -2.25. The maximum Gasteiger partial charge on any atom is 0.308 e. The van der Waals surface area contributed by atoms with Crippen molar-refractivity contribution in [3.63, 3.8) is 0 Å². The molecule has 1 saturated carbocycles. The lowest BCUT2D eigenvalue weighted by molar-refractivity contribution is -0.151. The van der Waals surface area contributed by atoms with Gasteiger partial charge in [-0.1, -0.05) is 40.0 Å². The Morgan fingerprint density at radius 1 is 1.22 bits per heavy atom. The molecule has 0 aromatic carbocycles. The largest absolute Gasteiger partial charge is 0.465 e. The van der Waals surface area contributed by atoms with Crippen LogP contribution < -0.4 is 0 Å². The van der Waals surface area contributed by atoms with Crippen LogP contribution in [0.2, 0.25) is 0 Å². The Kier molecular flexibility index (Phi) is 7.38. The van der Waals surface area contributed by atoms with Gasteiger partial charge in [0.15, 0.2) is 0 Å². The van der Waals surface area contributed by atoms with Crippen molar-refractivity contribution in [2.24, 2.45) is 17.8 Å². The number of carbonyl (C=O) groups is 1. The van der Waals surface area contributed by atoms with Crippen molar-refractivity contribution in [1.29, 1.82) is 0 Å². The Balaban J connectivity index is 2.22. The molecule has 1 aliphatic rings. The molecule has 0 aromatic heterocycles. The first-order valence-electron chi connectivity index (χ1n) is 7.83. The van der Waals surface area contributed by atoms with Gasteiger partial charge in [-0.2, -0.15) is 0 Å². The summed E-state index contributed by atoms with van der Waals surface area (Å²) < 4.78 is 5.53. The third-order valence-corrected chi connectivity index (χ3v) is 4.35.